The fourth-order valence-corrected chi connectivity index (χ4v) is 3.67. The van der Waals surface area contributed by atoms with E-state index in [0.717, 1.165) is 28.7 Å². The number of hydrogen-bond acceptors (Lipinski definition) is 3. The van der Waals surface area contributed by atoms with E-state index >= 15 is 0 Å². The predicted octanol–water partition coefficient (Wildman–Crippen LogP) is 1.89. The van der Waals surface area contributed by atoms with E-state index in [1.807, 2.05) is 36.4 Å². The van der Waals surface area contributed by atoms with Crippen LogP contribution in [0.15, 0.2) is 47.3 Å². The Morgan fingerprint density at radius 3 is 2.59 bits per heavy atom. The summed E-state index contributed by atoms with van der Waals surface area (Å²) in [5.41, 5.74) is 3.88. The minimum absolute atomic E-state index is 0.0147. The Kier molecular flexibility index (Phi) is 4.07. The third kappa shape index (κ3) is 2.91. The Bertz CT molecular complexity index is 1130. The molecule has 1 aliphatic heterocycles. The van der Waals surface area contributed by atoms with Crippen LogP contribution in [0.4, 0.5) is 11.4 Å². The summed E-state index contributed by atoms with van der Waals surface area (Å²) in [6, 6.07) is 12.9. The maximum atomic E-state index is 12.5. The summed E-state index contributed by atoms with van der Waals surface area (Å²) in [6.45, 7) is 2.15. The van der Waals surface area contributed by atoms with E-state index in [2.05, 4.69) is 5.32 Å². The van der Waals surface area contributed by atoms with Gasteiger partial charge in [-0.05, 0) is 42.3 Å². The Morgan fingerprint density at radius 1 is 1.11 bits per heavy atom. The van der Waals surface area contributed by atoms with Gasteiger partial charge in [0.05, 0.1) is 11.0 Å². The standard InChI is InChI=1S/C20H20N4O3/c1-13(25)23-10-9-14-11-15(7-8-16(14)23)21-19(26)12-24-18-6-4-3-5-17(18)22(2)20(24)27/h3-8,11H,9-10,12H2,1-2H3,(H,21,26). The van der Waals surface area contributed by atoms with E-state index in [9.17, 15) is 14.4 Å². The molecule has 0 spiro atoms. The van der Waals surface area contributed by atoms with E-state index in [1.165, 1.54) is 9.13 Å². The monoisotopic (exact) mass is 364 g/mol. The minimum Gasteiger partial charge on any atom is -0.325 e. The molecule has 1 aromatic heterocycles. The zero-order valence-electron chi connectivity index (χ0n) is 15.2. The number of nitrogens with one attached hydrogen (secondary N) is 1. The normalized spacial score (nSPS) is 13.0. The van der Waals surface area contributed by atoms with Gasteiger partial charge in [0.25, 0.3) is 0 Å². The molecule has 0 saturated carbocycles. The summed E-state index contributed by atoms with van der Waals surface area (Å²) in [5.74, 6) is -0.254. The lowest BCUT2D eigenvalue weighted by Crippen LogP contribution is -2.28. The first kappa shape index (κ1) is 17.1. The molecule has 0 saturated heterocycles. The maximum absolute atomic E-state index is 12.5. The van der Waals surface area contributed by atoms with Crippen LogP contribution in [-0.2, 0) is 29.6 Å². The molecule has 1 aliphatic rings. The Morgan fingerprint density at radius 2 is 1.85 bits per heavy atom. The number of benzene rings is 2. The van der Waals surface area contributed by atoms with Crippen molar-refractivity contribution >= 4 is 34.2 Å². The lowest BCUT2D eigenvalue weighted by atomic mass is 10.1. The van der Waals surface area contributed by atoms with Gasteiger partial charge in [-0.3, -0.25) is 18.7 Å². The Hall–Kier alpha value is -3.35. The number of hydrogen-bond donors (Lipinski definition) is 1. The van der Waals surface area contributed by atoms with E-state index in [1.54, 1.807) is 24.9 Å². The molecular formula is C20H20N4O3. The maximum Gasteiger partial charge on any atom is 0.329 e. The molecule has 4 rings (SSSR count). The van der Waals surface area contributed by atoms with Crippen molar-refractivity contribution in [2.45, 2.75) is 19.9 Å². The quantitative estimate of drug-likeness (QED) is 0.771. The fourth-order valence-electron chi connectivity index (χ4n) is 3.67. The highest BCUT2D eigenvalue weighted by molar-refractivity contribution is 5.95. The third-order valence-corrected chi connectivity index (χ3v) is 4.99. The molecule has 3 aromatic rings. The first-order valence-electron chi connectivity index (χ1n) is 8.81. The van der Waals surface area contributed by atoms with Gasteiger partial charge in [-0.25, -0.2) is 4.79 Å². The van der Waals surface area contributed by atoms with Crippen molar-refractivity contribution in [3.63, 3.8) is 0 Å². The first-order valence-corrected chi connectivity index (χ1v) is 8.81. The lowest BCUT2D eigenvalue weighted by molar-refractivity contribution is -0.117. The number of nitrogens with zero attached hydrogens (tertiary/aromatic N) is 3. The summed E-state index contributed by atoms with van der Waals surface area (Å²) in [4.78, 5) is 38.3. The Balaban J connectivity index is 1.56. The van der Waals surface area contributed by atoms with Gasteiger partial charge in [-0.1, -0.05) is 12.1 Å². The number of aryl methyl sites for hydroxylation is 1. The largest absolute Gasteiger partial charge is 0.329 e. The zero-order valence-corrected chi connectivity index (χ0v) is 15.2. The second-order valence-electron chi connectivity index (χ2n) is 6.73. The first-order chi connectivity index (χ1) is 13.0. The molecule has 7 nitrogen and oxygen atoms in total. The highest BCUT2D eigenvalue weighted by Gasteiger charge is 2.22. The molecule has 1 N–H and O–H groups in total. The number of carbonyl (C=O) groups is 2. The number of amides is 2. The molecule has 27 heavy (non-hydrogen) atoms. The molecule has 138 valence electrons. The SMILES string of the molecule is CC(=O)N1CCc2cc(NC(=O)Cn3c(=O)n(C)c4ccccc43)ccc21. The topological polar surface area (TPSA) is 76.3 Å². The van der Waals surface area contributed by atoms with Crippen molar-refractivity contribution in [2.75, 3.05) is 16.8 Å². The van der Waals surface area contributed by atoms with Crippen molar-refractivity contribution in [1.29, 1.82) is 0 Å². The molecular weight excluding hydrogens is 344 g/mol. The van der Waals surface area contributed by atoms with Gasteiger partial charge in [0.1, 0.15) is 6.54 Å². The van der Waals surface area contributed by atoms with Crippen molar-refractivity contribution in [1.82, 2.24) is 9.13 Å². The second-order valence-corrected chi connectivity index (χ2v) is 6.73. The number of carbonyl (C=O) groups excluding carboxylic acids is 2. The lowest BCUT2D eigenvalue weighted by Gasteiger charge is -2.15. The second kappa shape index (κ2) is 6.42. The zero-order chi connectivity index (χ0) is 19.1. The van der Waals surface area contributed by atoms with Crippen LogP contribution in [0.3, 0.4) is 0 Å². The summed E-state index contributed by atoms with van der Waals surface area (Å²) in [5, 5.41) is 2.85. The number of anilines is 2. The predicted molar refractivity (Wildman–Crippen MR) is 104 cm³/mol. The Labute approximate surface area is 155 Å². The van der Waals surface area contributed by atoms with Gasteiger partial charge in [0, 0.05) is 31.9 Å². The molecule has 7 heteroatoms. The van der Waals surface area contributed by atoms with E-state index in [4.69, 9.17) is 0 Å². The number of fused-ring (bicyclic) bond motifs is 2. The van der Waals surface area contributed by atoms with Gasteiger partial charge in [-0.2, -0.15) is 0 Å². The number of aromatic nitrogens is 2. The summed E-state index contributed by atoms with van der Waals surface area (Å²) in [6.07, 6.45) is 0.765. The van der Waals surface area contributed by atoms with Crippen LogP contribution in [0.25, 0.3) is 11.0 Å². The molecule has 2 amide bonds. The molecule has 2 heterocycles. The van der Waals surface area contributed by atoms with Crippen LogP contribution in [0.2, 0.25) is 0 Å². The highest BCUT2D eigenvalue weighted by Crippen LogP contribution is 2.30. The van der Waals surface area contributed by atoms with Crippen LogP contribution in [0, 0.1) is 0 Å². The summed E-state index contributed by atoms with van der Waals surface area (Å²) in [7, 11) is 1.69. The molecule has 0 fully saturated rings. The van der Waals surface area contributed by atoms with Crippen molar-refractivity contribution < 1.29 is 9.59 Å². The van der Waals surface area contributed by atoms with Crippen molar-refractivity contribution in [3.8, 4) is 0 Å². The van der Waals surface area contributed by atoms with E-state index in [0.29, 0.717) is 12.2 Å². The third-order valence-electron chi connectivity index (χ3n) is 4.99. The van der Waals surface area contributed by atoms with Gasteiger partial charge in [0.15, 0.2) is 0 Å². The number of imidazole rings is 1. The van der Waals surface area contributed by atoms with Crippen LogP contribution >= 0.6 is 0 Å². The number of rotatable bonds is 3. The van der Waals surface area contributed by atoms with Gasteiger partial charge >= 0.3 is 5.69 Å². The fraction of sp³-hybridized carbons (Fsp3) is 0.250. The molecule has 0 radical (unpaired) electrons. The molecule has 0 aliphatic carbocycles. The molecule has 0 unspecified atom stereocenters. The molecule has 2 aromatic carbocycles. The molecule has 0 bridgehead atoms. The highest BCUT2D eigenvalue weighted by atomic mass is 16.2. The van der Waals surface area contributed by atoms with Gasteiger partial charge in [-0.15, -0.1) is 0 Å². The minimum atomic E-state index is -0.269. The summed E-state index contributed by atoms with van der Waals surface area (Å²) >= 11 is 0. The molecule has 0 atom stereocenters. The smallest absolute Gasteiger partial charge is 0.325 e. The van der Waals surface area contributed by atoms with Crippen molar-refractivity contribution in [2.24, 2.45) is 7.05 Å². The van der Waals surface area contributed by atoms with Crippen molar-refractivity contribution in [3.05, 3.63) is 58.5 Å². The summed E-state index contributed by atoms with van der Waals surface area (Å²) < 4.78 is 3.00. The average molecular weight is 364 g/mol. The average Bonchev–Trinajstić information content (AvgIpc) is 3.17. The van der Waals surface area contributed by atoms with E-state index in [-0.39, 0.29) is 24.0 Å². The van der Waals surface area contributed by atoms with Crippen LogP contribution in [0.1, 0.15) is 12.5 Å². The van der Waals surface area contributed by atoms with Crippen LogP contribution < -0.4 is 15.9 Å². The van der Waals surface area contributed by atoms with Crippen LogP contribution in [-0.4, -0.2) is 27.5 Å². The van der Waals surface area contributed by atoms with Crippen LogP contribution in [0.5, 0.6) is 0 Å². The van der Waals surface area contributed by atoms with Gasteiger partial charge in [0.2, 0.25) is 11.8 Å². The number of para-hydroxylation sites is 2. The van der Waals surface area contributed by atoms with E-state index < -0.39 is 0 Å². The van der Waals surface area contributed by atoms with Gasteiger partial charge < -0.3 is 10.2 Å².